The van der Waals surface area contributed by atoms with E-state index in [0.29, 0.717) is 22.5 Å². The fourth-order valence-electron chi connectivity index (χ4n) is 2.62. The van der Waals surface area contributed by atoms with Gasteiger partial charge in [0.25, 0.3) is 0 Å². The molecule has 1 N–H and O–H groups in total. The van der Waals surface area contributed by atoms with Gasteiger partial charge in [-0.15, -0.1) is 0 Å². The van der Waals surface area contributed by atoms with Gasteiger partial charge in [-0.2, -0.15) is 18.4 Å². The molecule has 30 heavy (non-hydrogen) atoms. The van der Waals surface area contributed by atoms with Crippen LogP contribution in [0.1, 0.15) is 16.7 Å². The van der Waals surface area contributed by atoms with Crippen molar-refractivity contribution in [3.63, 3.8) is 0 Å². The van der Waals surface area contributed by atoms with Crippen molar-refractivity contribution in [3.05, 3.63) is 71.4 Å². The van der Waals surface area contributed by atoms with Crippen LogP contribution in [0.2, 0.25) is 0 Å². The molecule has 0 saturated carbocycles. The number of hydrogen-bond acceptors (Lipinski definition) is 5. The van der Waals surface area contributed by atoms with Crippen molar-refractivity contribution < 1.29 is 18.0 Å². The number of carbonyl (C=O) groups excluding carboxylic acids is 1. The van der Waals surface area contributed by atoms with Crippen molar-refractivity contribution in [1.82, 2.24) is 9.97 Å². The van der Waals surface area contributed by atoms with Crippen molar-refractivity contribution in [2.45, 2.75) is 18.1 Å². The summed E-state index contributed by atoms with van der Waals surface area (Å²) in [5.74, 6) is -0.544. The van der Waals surface area contributed by atoms with E-state index in [1.165, 1.54) is 0 Å². The maximum Gasteiger partial charge on any atom is 0.417 e. The molecule has 2 heterocycles. The number of carbonyl (C=O) groups is 1. The zero-order valence-corrected chi connectivity index (χ0v) is 16.5. The first kappa shape index (κ1) is 21.3. The average molecular weight is 428 g/mol. The molecule has 9 heteroatoms. The Morgan fingerprint density at radius 3 is 2.53 bits per heavy atom. The van der Waals surface area contributed by atoms with Gasteiger partial charge in [-0.3, -0.25) is 4.79 Å². The number of nitrogens with one attached hydrogen (secondary N) is 1. The lowest BCUT2D eigenvalue weighted by molar-refractivity contribution is -0.137. The molecule has 0 spiro atoms. The smallest absolute Gasteiger partial charge is 0.310 e. The molecule has 0 aliphatic heterocycles. The SMILES string of the molecule is Cc1cc(C#N)c(SCC(=O)Nc2ccc(C(F)(F)F)cn2)nc1-c1ccccc1. The first-order valence-corrected chi connectivity index (χ1v) is 9.69. The van der Waals surface area contributed by atoms with E-state index in [0.717, 1.165) is 35.0 Å². The molecule has 0 bridgehead atoms. The van der Waals surface area contributed by atoms with Crippen LogP contribution in [0, 0.1) is 18.3 Å². The summed E-state index contributed by atoms with van der Waals surface area (Å²) >= 11 is 1.07. The Balaban J connectivity index is 1.72. The second-order valence-electron chi connectivity index (χ2n) is 6.25. The molecule has 0 fully saturated rings. The van der Waals surface area contributed by atoms with Gasteiger partial charge in [0.1, 0.15) is 16.9 Å². The van der Waals surface area contributed by atoms with Crippen molar-refractivity contribution >= 4 is 23.5 Å². The van der Waals surface area contributed by atoms with Gasteiger partial charge in [0.15, 0.2) is 0 Å². The number of hydrogen-bond donors (Lipinski definition) is 1. The van der Waals surface area contributed by atoms with Gasteiger partial charge in [0.05, 0.1) is 22.6 Å². The van der Waals surface area contributed by atoms with E-state index in [9.17, 15) is 23.2 Å². The number of alkyl halides is 3. The number of pyridine rings is 2. The van der Waals surface area contributed by atoms with Crippen LogP contribution in [0.3, 0.4) is 0 Å². The topological polar surface area (TPSA) is 78.7 Å². The highest BCUT2D eigenvalue weighted by molar-refractivity contribution is 8.00. The van der Waals surface area contributed by atoms with Gasteiger partial charge in [0.2, 0.25) is 5.91 Å². The lowest BCUT2D eigenvalue weighted by atomic mass is 10.1. The predicted octanol–water partition coefficient (Wildman–Crippen LogP) is 5.07. The summed E-state index contributed by atoms with van der Waals surface area (Å²) in [5.41, 5.74) is 1.88. The third-order valence-corrected chi connectivity index (χ3v) is 5.04. The number of rotatable bonds is 5. The van der Waals surface area contributed by atoms with Gasteiger partial charge in [0, 0.05) is 11.8 Å². The number of thioether (sulfide) groups is 1. The van der Waals surface area contributed by atoms with Crippen molar-refractivity contribution in [3.8, 4) is 17.3 Å². The van der Waals surface area contributed by atoms with E-state index >= 15 is 0 Å². The largest absolute Gasteiger partial charge is 0.417 e. The fraction of sp³-hybridized carbons (Fsp3) is 0.143. The highest BCUT2D eigenvalue weighted by Crippen LogP contribution is 2.30. The Morgan fingerprint density at radius 2 is 1.93 bits per heavy atom. The van der Waals surface area contributed by atoms with Gasteiger partial charge in [-0.1, -0.05) is 42.1 Å². The number of aromatic nitrogens is 2. The molecule has 3 aromatic rings. The highest BCUT2D eigenvalue weighted by Gasteiger charge is 2.30. The van der Waals surface area contributed by atoms with Crippen LogP contribution in [0.25, 0.3) is 11.3 Å². The van der Waals surface area contributed by atoms with E-state index < -0.39 is 17.6 Å². The van der Waals surface area contributed by atoms with E-state index in [4.69, 9.17) is 0 Å². The van der Waals surface area contributed by atoms with Gasteiger partial charge in [-0.05, 0) is 30.7 Å². The number of nitrogens with zero attached hydrogens (tertiary/aromatic N) is 3. The monoisotopic (exact) mass is 428 g/mol. The Labute approximate surface area is 175 Å². The van der Waals surface area contributed by atoms with Crippen LogP contribution in [0.4, 0.5) is 19.0 Å². The minimum Gasteiger partial charge on any atom is -0.310 e. The van der Waals surface area contributed by atoms with Crippen LogP contribution < -0.4 is 5.32 Å². The molecule has 0 atom stereocenters. The molecule has 0 radical (unpaired) electrons. The molecular weight excluding hydrogens is 413 g/mol. The molecule has 0 saturated heterocycles. The highest BCUT2D eigenvalue weighted by atomic mass is 32.2. The Bertz CT molecular complexity index is 1090. The second-order valence-corrected chi connectivity index (χ2v) is 7.22. The molecule has 1 amide bonds. The number of amides is 1. The van der Waals surface area contributed by atoms with Crippen molar-refractivity contribution in [1.29, 1.82) is 5.26 Å². The van der Waals surface area contributed by atoms with Crippen molar-refractivity contribution in [2.75, 3.05) is 11.1 Å². The van der Waals surface area contributed by atoms with E-state index in [-0.39, 0.29) is 11.6 Å². The van der Waals surface area contributed by atoms with Crippen LogP contribution in [0.15, 0.2) is 59.8 Å². The summed E-state index contributed by atoms with van der Waals surface area (Å²) in [4.78, 5) is 20.3. The summed E-state index contributed by atoms with van der Waals surface area (Å²) in [5, 5.41) is 12.2. The zero-order chi connectivity index (χ0) is 21.7. The fourth-order valence-corrected chi connectivity index (χ4v) is 3.38. The van der Waals surface area contributed by atoms with Crippen LogP contribution >= 0.6 is 11.8 Å². The molecule has 152 valence electrons. The van der Waals surface area contributed by atoms with E-state index in [2.05, 4.69) is 21.4 Å². The number of nitriles is 1. The van der Waals surface area contributed by atoms with Crippen LogP contribution in [0.5, 0.6) is 0 Å². The lowest BCUT2D eigenvalue weighted by Gasteiger charge is -2.10. The number of benzene rings is 1. The Hall–Kier alpha value is -3.38. The third kappa shape index (κ3) is 5.15. The summed E-state index contributed by atoms with van der Waals surface area (Å²) < 4.78 is 37.7. The van der Waals surface area contributed by atoms with Gasteiger partial charge >= 0.3 is 6.18 Å². The van der Waals surface area contributed by atoms with Crippen molar-refractivity contribution in [2.24, 2.45) is 0 Å². The second kappa shape index (κ2) is 8.97. The van der Waals surface area contributed by atoms with Crippen LogP contribution in [-0.4, -0.2) is 21.6 Å². The summed E-state index contributed by atoms with van der Waals surface area (Å²) in [7, 11) is 0. The third-order valence-electron chi connectivity index (χ3n) is 4.04. The first-order chi connectivity index (χ1) is 14.3. The number of aryl methyl sites for hydroxylation is 1. The van der Waals surface area contributed by atoms with Gasteiger partial charge < -0.3 is 5.32 Å². The minimum absolute atomic E-state index is 0.0101. The molecule has 1 aromatic carbocycles. The molecule has 3 rings (SSSR count). The molecule has 0 aliphatic carbocycles. The number of anilines is 1. The summed E-state index contributed by atoms with van der Waals surface area (Å²) in [6.45, 7) is 1.85. The normalized spacial score (nSPS) is 11.0. The summed E-state index contributed by atoms with van der Waals surface area (Å²) in [6.07, 6.45) is -3.84. The summed E-state index contributed by atoms with van der Waals surface area (Å²) in [6, 6.07) is 15.2. The lowest BCUT2D eigenvalue weighted by Crippen LogP contribution is -2.16. The minimum atomic E-state index is -4.49. The first-order valence-electron chi connectivity index (χ1n) is 8.71. The number of halogens is 3. The van der Waals surface area contributed by atoms with Gasteiger partial charge in [-0.25, -0.2) is 9.97 Å². The molecule has 5 nitrogen and oxygen atoms in total. The zero-order valence-electron chi connectivity index (χ0n) is 15.7. The standard InChI is InChI=1S/C21H15F3N4OS/c1-13-9-15(10-25)20(28-19(13)14-5-3-2-4-6-14)30-12-18(29)27-17-8-7-16(11-26-17)21(22,23)24/h2-9,11H,12H2,1H3,(H,26,27,29). The quantitative estimate of drug-likeness (QED) is 0.574. The van der Waals surface area contributed by atoms with Crippen LogP contribution in [-0.2, 0) is 11.0 Å². The molecule has 0 unspecified atom stereocenters. The maximum absolute atomic E-state index is 12.6. The molecule has 0 aliphatic rings. The Kier molecular flexibility index (Phi) is 6.37. The van der Waals surface area contributed by atoms with E-state index in [1.807, 2.05) is 37.3 Å². The molecular formula is C21H15F3N4OS. The predicted molar refractivity (Wildman–Crippen MR) is 108 cm³/mol. The Morgan fingerprint density at radius 1 is 1.20 bits per heavy atom. The average Bonchev–Trinajstić information content (AvgIpc) is 2.73. The molecule has 2 aromatic heterocycles. The maximum atomic E-state index is 12.6. The van der Waals surface area contributed by atoms with E-state index in [1.54, 1.807) is 6.07 Å².